The summed E-state index contributed by atoms with van der Waals surface area (Å²) in [7, 11) is 2.07. The molecule has 0 unspecified atom stereocenters. The van der Waals surface area contributed by atoms with Crippen molar-refractivity contribution in [3.05, 3.63) is 77.1 Å². The molecule has 0 bridgehead atoms. The van der Waals surface area contributed by atoms with Gasteiger partial charge in [0.05, 0.1) is 11.2 Å². The van der Waals surface area contributed by atoms with Crippen molar-refractivity contribution < 1.29 is 4.79 Å². The number of aromatic nitrogens is 3. The standard InChI is InChI=1S/C24H24N6O/c1-15-13-18-17(22(25)31)9-6-10-20(18)30(15)24-27-19-11-12-29(2)21(19)23(28-24)26-14-16-7-4-3-5-8-16/h3-10,13H,11-12,14H2,1-2H3,(H2,25,31)(H,26,27,28). The van der Waals surface area contributed by atoms with Crippen LogP contribution in [0.15, 0.2) is 54.6 Å². The minimum Gasteiger partial charge on any atom is -0.370 e. The molecular formula is C24H24N6O. The maximum absolute atomic E-state index is 11.9. The van der Waals surface area contributed by atoms with Crippen LogP contribution in [0.1, 0.15) is 27.3 Å². The van der Waals surface area contributed by atoms with Crippen LogP contribution in [0.4, 0.5) is 11.5 Å². The maximum Gasteiger partial charge on any atom is 0.249 e. The Morgan fingerprint density at radius 2 is 1.94 bits per heavy atom. The van der Waals surface area contributed by atoms with Gasteiger partial charge in [0, 0.05) is 43.2 Å². The number of aryl methyl sites for hydroxylation is 1. The fourth-order valence-corrected chi connectivity index (χ4v) is 4.30. The molecule has 3 N–H and O–H groups in total. The van der Waals surface area contributed by atoms with Crippen molar-refractivity contribution in [2.75, 3.05) is 23.8 Å². The summed E-state index contributed by atoms with van der Waals surface area (Å²) in [4.78, 5) is 23.9. The van der Waals surface area contributed by atoms with Gasteiger partial charge in [0.25, 0.3) is 0 Å². The third-order valence-corrected chi connectivity index (χ3v) is 5.81. The van der Waals surface area contributed by atoms with Crippen LogP contribution in [0, 0.1) is 6.92 Å². The van der Waals surface area contributed by atoms with E-state index in [1.165, 1.54) is 5.56 Å². The zero-order chi connectivity index (χ0) is 21.5. The second-order valence-electron chi connectivity index (χ2n) is 7.90. The molecular weight excluding hydrogens is 388 g/mol. The zero-order valence-electron chi connectivity index (χ0n) is 17.6. The maximum atomic E-state index is 11.9. The largest absolute Gasteiger partial charge is 0.370 e. The lowest BCUT2D eigenvalue weighted by Gasteiger charge is -2.18. The van der Waals surface area contributed by atoms with Gasteiger partial charge in [-0.25, -0.2) is 4.98 Å². The fraction of sp³-hybridized carbons (Fsp3) is 0.208. The predicted octanol–water partition coefficient (Wildman–Crippen LogP) is 3.43. The van der Waals surface area contributed by atoms with E-state index < -0.39 is 5.91 Å². The highest BCUT2D eigenvalue weighted by atomic mass is 16.1. The molecule has 31 heavy (non-hydrogen) atoms. The summed E-state index contributed by atoms with van der Waals surface area (Å²) < 4.78 is 1.99. The minimum absolute atomic E-state index is 0.440. The van der Waals surface area contributed by atoms with Crippen molar-refractivity contribution in [3.63, 3.8) is 0 Å². The number of hydrogen-bond acceptors (Lipinski definition) is 5. The molecule has 3 heterocycles. The first-order valence-corrected chi connectivity index (χ1v) is 10.3. The number of nitrogens with zero attached hydrogens (tertiary/aromatic N) is 4. The number of nitrogens with one attached hydrogen (secondary N) is 1. The number of likely N-dealkylation sites (N-methyl/N-ethyl adjacent to an activating group) is 1. The average molecular weight is 412 g/mol. The van der Waals surface area contributed by atoms with Crippen LogP contribution in [-0.4, -0.2) is 34.0 Å². The third kappa shape index (κ3) is 3.28. The van der Waals surface area contributed by atoms with E-state index in [1.807, 2.05) is 47.9 Å². The molecule has 0 radical (unpaired) electrons. The molecule has 0 atom stereocenters. The topological polar surface area (TPSA) is 89.1 Å². The number of fused-ring (bicyclic) bond motifs is 2. The molecule has 0 saturated carbocycles. The normalized spacial score (nSPS) is 12.9. The molecule has 1 aliphatic heterocycles. The predicted molar refractivity (Wildman–Crippen MR) is 123 cm³/mol. The molecule has 0 spiro atoms. The molecule has 5 rings (SSSR count). The number of carbonyl (C=O) groups is 1. The summed E-state index contributed by atoms with van der Waals surface area (Å²) in [5, 5.41) is 4.32. The molecule has 7 nitrogen and oxygen atoms in total. The van der Waals surface area contributed by atoms with E-state index in [-0.39, 0.29) is 0 Å². The number of hydrogen-bond donors (Lipinski definition) is 2. The summed E-state index contributed by atoms with van der Waals surface area (Å²) in [6.07, 6.45) is 0.867. The van der Waals surface area contributed by atoms with E-state index in [1.54, 1.807) is 6.07 Å². The number of rotatable bonds is 5. The van der Waals surface area contributed by atoms with Gasteiger partial charge in [-0.3, -0.25) is 9.36 Å². The minimum atomic E-state index is -0.440. The Kier molecular flexibility index (Phi) is 4.58. The lowest BCUT2D eigenvalue weighted by Crippen LogP contribution is -2.16. The number of anilines is 2. The molecule has 0 fully saturated rings. The smallest absolute Gasteiger partial charge is 0.249 e. The van der Waals surface area contributed by atoms with E-state index in [0.717, 1.165) is 46.8 Å². The highest BCUT2D eigenvalue weighted by molar-refractivity contribution is 6.06. The summed E-state index contributed by atoms with van der Waals surface area (Å²) in [5.74, 6) is 0.972. The van der Waals surface area contributed by atoms with Crippen molar-refractivity contribution in [3.8, 4) is 5.95 Å². The Balaban J connectivity index is 1.63. The summed E-state index contributed by atoms with van der Waals surface area (Å²) in [5.41, 5.74) is 11.2. The summed E-state index contributed by atoms with van der Waals surface area (Å²) in [6, 6.07) is 17.8. The van der Waals surface area contributed by atoms with Crippen molar-refractivity contribution in [1.82, 2.24) is 14.5 Å². The highest BCUT2D eigenvalue weighted by Gasteiger charge is 2.25. The second kappa shape index (κ2) is 7.43. The average Bonchev–Trinajstić information content (AvgIpc) is 3.31. The van der Waals surface area contributed by atoms with E-state index in [0.29, 0.717) is 18.1 Å². The number of primary amides is 1. The van der Waals surface area contributed by atoms with Gasteiger partial charge < -0.3 is 16.0 Å². The quantitative estimate of drug-likeness (QED) is 0.524. The molecule has 2 aromatic heterocycles. The third-order valence-electron chi connectivity index (χ3n) is 5.81. The Hall–Kier alpha value is -3.87. The Morgan fingerprint density at radius 3 is 2.71 bits per heavy atom. The molecule has 4 aromatic rings. The Bertz CT molecular complexity index is 1290. The SMILES string of the molecule is Cc1cc2c(C(N)=O)cccc2n1-c1nc2c(c(NCc3ccccc3)n1)N(C)CC2. The first kappa shape index (κ1) is 19.1. The van der Waals surface area contributed by atoms with Crippen LogP contribution >= 0.6 is 0 Å². The number of nitrogens with two attached hydrogens (primary N) is 1. The molecule has 0 aliphatic carbocycles. The van der Waals surface area contributed by atoms with E-state index >= 15 is 0 Å². The van der Waals surface area contributed by atoms with Crippen LogP contribution in [0.2, 0.25) is 0 Å². The molecule has 1 aliphatic rings. The fourth-order valence-electron chi connectivity index (χ4n) is 4.30. The van der Waals surface area contributed by atoms with E-state index in [2.05, 4.69) is 29.4 Å². The Labute approximate surface area is 180 Å². The van der Waals surface area contributed by atoms with Crippen molar-refractivity contribution in [1.29, 1.82) is 0 Å². The van der Waals surface area contributed by atoms with Crippen molar-refractivity contribution in [2.45, 2.75) is 19.9 Å². The van der Waals surface area contributed by atoms with Crippen LogP contribution in [0.3, 0.4) is 0 Å². The summed E-state index contributed by atoms with van der Waals surface area (Å²) in [6.45, 7) is 3.57. The number of carbonyl (C=O) groups excluding carboxylic acids is 1. The first-order chi connectivity index (χ1) is 15.0. The molecule has 1 amide bonds. The number of benzene rings is 2. The van der Waals surface area contributed by atoms with Gasteiger partial charge >= 0.3 is 0 Å². The van der Waals surface area contributed by atoms with Crippen LogP contribution < -0.4 is 16.0 Å². The van der Waals surface area contributed by atoms with Gasteiger partial charge in [-0.2, -0.15) is 4.98 Å². The lowest BCUT2D eigenvalue weighted by molar-refractivity contribution is 0.100. The van der Waals surface area contributed by atoms with Gasteiger partial charge in [-0.15, -0.1) is 0 Å². The Morgan fingerprint density at radius 1 is 1.13 bits per heavy atom. The van der Waals surface area contributed by atoms with Crippen LogP contribution in [0.25, 0.3) is 16.9 Å². The number of amides is 1. The first-order valence-electron chi connectivity index (χ1n) is 10.3. The molecule has 156 valence electrons. The van der Waals surface area contributed by atoms with Crippen molar-refractivity contribution >= 4 is 28.3 Å². The van der Waals surface area contributed by atoms with Crippen LogP contribution in [-0.2, 0) is 13.0 Å². The van der Waals surface area contributed by atoms with E-state index in [4.69, 9.17) is 15.7 Å². The molecule has 7 heteroatoms. The van der Waals surface area contributed by atoms with Gasteiger partial charge in [-0.05, 0) is 30.7 Å². The van der Waals surface area contributed by atoms with Gasteiger partial charge in [-0.1, -0.05) is 36.4 Å². The van der Waals surface area contributed by atoms with Gasteiger partial charge in [0.2, 0.25) is 11.9 Å². The van der Waals surface area contributed by atoms with Crippen molar-refractivity contribution in [2.24, 2.45) is 5.73 Å². The van der Waals surface area contributed by atoms with Crippen LogP contribution in [0.5, 0.6) is 0 Å². The molecule has 2 aromatic carbocycles. The second-order valence-corrected chi connectivity index (χ2v) is 7.90. The monoisotopic (exact) mass is 412 g/mol. The van der Waals surface area contributed by atoms with Gasteiger partial charge in [0.1, 0.15) is 5.69 Å². The van der Waals surface area contributed by atoms with Gasteiger partial charge in [0.15, 0.2) is 5.82 Å². The highest BCUT2D eigenvalue weighted by Crippen LogP contribution is 2.34. The van der Waals surface area contributed by atoms with E-state index in [9.17, 15) is 4.79 Å². The zero-order valence-corrected chi connectivity index (χ0v) is 17.6. The summed E-state index contributed by atoms with van der Waals surface area (Å²) >= 11 is 0. The lowest BCUT2D eigenvalue weighted by atomic mass is 10.1. The molecule has 0 saturated heterocycles.